The average molecular weight is 203 g/mol. The zero-order chi connectivity index (χ0) is 8.97. The molecule has 1 heterocycles. The molecule has 1 aliphatic heterocycles. The van der Waals surface area contributed by atoms with E-state index in [1.807, 2.05) is 29.6 Å². The summed E-state index contributed by atoms with van der Waals surface area (Å²) in [7, 11) is 0. The van der Waals surface area contributed by atoms with E-state index >= 15 is 0 Å². The Morgan fingerprint density at radius 3 is 2.83 bits per heavy atom. The van der Waals surface area contributed by atoms with Crippen LogP contribution in [0.25, 0.3) is 0 Å². The van der Waals surface area contributed by atoms with Gasteiger partial charge in [-0.05, 0) is 6.42 Å². The van der Waals surface area contributed by atoms with Gasteiger partial charge in [0, 0.05) is 28.0 Å². The number of hydrogen-bond donors (Lipinski definition) is 1. The Balaban J connectivity index is 2.41. The Kier molecular flexibility index (Phi) is 4.54. The molecule has 3 atom stereocenters. The fourth-order valence-corrected chi connectivity index (χ4v) is 4.35. The molecule has 0 amide bonds. The van der Waals surface area contributed by atoms with Gasteiger partial charge in [-0.2, -0.15) is 23.5 Å². The summed E-state index contributed by atoms with van der Waals surface area (Å²) in [6.07, 6.45) is 2.87. The molecule has 2 N–H and O–H groups in total. The van der Waals surface area contributed by atoms with Gasteiger partial charge in [0.25, 0.3) is 0 Å². The molecule has 1 saturated heterocycles. The van der Waals surface area contributed by atoms with Crippen molar-refractivity contribution in [1.29, 1.82) is 0 Å². The van der Waals surface area contributed by atoms with E-state index in [4.69, 9.17) is 5.73 Å². The minimum atomic E-state index is 0.301. The first-order valence-corrected chi connectivity index (χ1v) is 6.45. The first-order chi connectivity index (χ1) is 5.75. The molecule has 0 aromatic heterocycles. The van der Waals surface area contributed by atoms with E-state index in [1.54, 1.807) is 0 Å². The first kappa shape index (κ1) is 10.5. The van der Waals surface area contributed by atoms with Gasteiger partial charge in [0.05, 0.1) is 0 Å². The van der Waals surface area contributed by atoms with Crippen LogP contribution in [0.3, 0.4) is 0 Å². The molecule has 0 aromatic carbocycles. The van der Waals surface area contributed by atoms with Crippen LogP contribution in [0, 0.1) is 0 Å². The lowest BCUT2D eigenvalue weighted by atomic mass is 10.1. The Morgan fingerprint density at radius 1 is 1.58 bits per heavy atom. The summed E-state index contributed by atoms with van der Waals surface area (Å²) >= 11 is 4.07. The summed E-state index contributed by atoms with van der Waals surface area (Å²) in [6, 6.07) is 0.301. The van der Waals surface area contributed by atoms with Crippen LogP contribution < -0.4 is 5.73 Å². The molecule has 1 aliphatic rings. The monoisotopic (exact) mass is 203 g/mol. The van der Waals surface area contributed by atoms with Crippen LogP contribution in [0.15, 0.2) is 12.7 Å². The molecule has 1 nitrogen and oxygen atoms in total. The zero-order valence-corrected chi connectivity index (χ0v) is 9.16. The number of rotatable bonds is 3. The van der Waals surface area contributed by atoms with Crippen LogP contribution in [0.5, 0.6) is 0 Å². The van der Waals surface area contributed by atoms with Crippen molar-refractivity contribution in [2.75, 3.05) is 11.5 Å². The molecule has 0 aliphatic carbocycles. The molecule has 0 aromatic rings. The van der Waals surface area contributed by atoms with Crippen molar-refractivity contribution >= 4 is 23.5 Å². The highest BCUT2D eigenvalue weighted by Crippen LogP contribution is 2.33. The summed E-state index contributed by atoms with van der Waals surface area (Å²) < 4.78 is 0. The third-order valence-corrected chi connectivity index (χ3v) is 5.37. The molecule has 3 unspecified atom stereocenters. The van der Waals surface area contributed by atoms with Crippen molar-refractivity contribution in [2.45, 2.75) is 29.9 Å². The van der Waals surface area contributed by atoms with Gasteiger partial charge in [0.2, 0.25) is 0 Å². The second kappa shape index (κ2) is 5.20. The van der Waals surface area contributed by atoms with E-state index in [-0.39, 0.29) is 0 Å². The smallest absolute Gasteiger partial charge is 0.0318 e. The Hall–Kier alpha value is 0.400. The lowest BCUT2D eigenvalue weighted by molar-refractivity contribution is 0.633. The van der Waals surface area contributed by atoms with E-state index < -0.39 is 0 Å². The highest BCUT2D eigenvalue weighted by molar-refractivity contribution is 8.07. The average Bonchev–Trinajstić information content (AvgIpc) is 2.05. The molecule has 12 heavy (non-hydrogen) atoms. The maximum absolute atomic E-state index is 6.04. The molecular weight excluding hydrogens is 186 g/mol. The van der Waals surface area contributed by atoms with Crippen molar-refractivity contribution in [3.8, 4) is 0 Å². The van der Waals surface area contributed by atoms with Crippen molar-refractivity contribution in [3.05, 3.63) is 12.7 Å². The van der Waals surface area contributed by atoms with Crippen LogP contribution in [-0.2, 0) is 0 Å². The van der Waals surface area contributed by atoms with Crippen molar-refractivity contribution in [1.82, 2.24) is 0 Å². The van der Waals surface area contributed by atoms with Gasteiger partial charge in [-0.15, -0.1) is 6.58 Å². The SMILES string of the molecule is C=CCC(N)C1SCCSC1C. The van der Waals surface area contributed by atoms with E-state index in [0.717, 1.165) is 6.42 Å². The standard InChI is InChI=1S/C9H17NS2/c1-3-4-8(10)9-7(2)11-5-6-12-9/h3,7-9H,1,4-6,10H2,2H3. The maximum Gasteiger partial charge on any atom is 0.0318 e. The summed E-state index contributed by atoms with van der Waals surface area (Å²) in [5.41, 5.74) is 6.04. The van der Waals surface area contributed by atoms with E-state index in [1.165, 1.54) is 11.5 Å². The number of hydrogen-bond acceptors (Lipinski definition) is 3. The molecule has 0 saturated carbocycles. The quantitative estimate of drug-likeness (QED) is 0.712. The van der Waals surface area contributed by atoms with Crippen molar-refractivity contribution in [3.63, 3.8) is 0 Å². The van der Waals surface area contributed by atoms with Crippen molar-refractivity contribution in [2.24, 2.45) is 5.73 Å². The maximum atomic E-state index is 6.04. The van der Waals surface area contributed by atoms with Gasteiger partial charge in [-0.1, -0.05) is 13.0 Å². The highest BCUT2D eigenvalue weighted by atomic mass is 32.2. The second-order valence-corrected chi connectivity index (χ2v) is 5.87. The van der Waals surface area contributed by atoms with Crippen LogP contribution in [-0.4, -0.2) is 28.0 Å². The van der Waals surface area contributed by atoms with Crippen LogP contribution >= 0.6 is 23.5 Å². The van der Waals surface area contributed by atoms with Gasteiger partial charge < -0.3 is 5.73 Å². The summed E-state index contributed by atoms with van der Waals surface area (Å²) in [6.45, 7) is 6.01. The molecule has 3 heteroatoms. The summed E-state index contributed by atoms with van der Waals surface area (Å²) in [4.78, 5) is 0. The molecule has 0 radical (unpaired) electrons. The molecule has 70 valence electrons. The third kappa shape index (κ3) is 2.71. The van der Waals surface area contributed by atoms with Gasteiger partial charge in [0.1, 0.15) is 0 Å². The minimum Gasteiger partial charge on any atom is -0.326 e. The predicted octanol–water partition coefficient (Wildman–Crippen LogP) is 2.13. The van der Waals surface area contributed by atoms with Crippen LogP contribution in [0.4, 0.5) is 0 Å². The Bertz CT molecular complexity index is 149. The van der Waals surface area contributed by atoms with Crippen LogP contribution in [0.1, 0.15) is 13.3 Å². The topological polar surface area (TPSA) is 26.0 Å². The van der Waals surface area contributed by atoms with Gasteiger partial charge in [-0.25, -0.2) is 0 Å². The number of nitrogens with two attached hydrogens (primary N) is 1. The van der Waals surface area contributed by atoms with Gasteiger partial charge in [-0.3, -0.25) is 0 Å². The van der Waals surface area contributed by atoms with E-state index in [9.17, 15) is 0 Å². The molecule has 0 spiro atoms. The summed E-state index contributed by atoms with van der Waals surface area (Å²) in [5.74, 6) is 2.54. The van der Waals surface area contributed by atoms with E-state index in [0.29, 0.717) is 16.5 Å². The Morgan fingerprint density at radius 2 is 2.25 bits per heavy atom. The molecule has 1 rings (SSSR count). The minimum absolute atomic E-state index is 0.301. The lowest BCUT2D eigenvalue weighted by Gasteiger charge is -2.31. The second-order valence-electron chi connectivity index (χ2n) is 3.10. The van der Waals surface area contributed by atoms with Gasteiger partial charge in [0.15, 0.2) is 0 Å². The van der Waals surface area contributed by atoms with Crippen LogP contribution in [0.2, 0.25) is 0 Å². The zero-order valence-electron chi connectivity index (χ0n) is 7.53. The molecule has 0 bridgehead atoms. The first-order valence-electron chi connectivity index (χ1n) is 4.35. The lowest BCUT2D eigenvalue weighted by Crippen LogP contribution is -2.40. The fraction of sp³-hybridized carbons (Fsp3) is 0.778. The summed E-state index contributed by atoms with van der Waals surface area (Å²) in [5, 5.41) is 1.33. The fourth-order valence-electron chi connectivity index (χ4n) is 1.45. The molecule has 1 fully saturated rings. The Labute approximate surface area is 83.5 Å². The van der Waals surface area contributed by atoms with Gasteiger partial charge >= 0.3 is 0 Å². The number of thioether (sulfide) groups is 2. The third-order valence-electron chi connectivity index (χ3n) is 2.10. The highest BCUT2D eigenvalue weighted by Gasteiger charge is 2.26. The van der Waals surface area contributed by atoms with Crippen molar-refractivity contribution < 1.29 is 0 Å². The largest absolute Gasteiger partial charge is 0.326 e. The normalized spacial score (nSPS) is 32.8. The predicted molar refractivity (Wildman–Crippen MR) is 61.0 cm³/mol. The molecular formula is C9H17NS2. The van der Waals surface area contributed by atoms with E-state index in [2.05, 4.69) is 13.5 Å².